The number of amides is 2. The van der Waals surface area contributed by atoms with Gasteiger partial charge in [-0.25, -0.2) is 4.79 Å². The molecule has 1 heterocycles. The Morgan fingerprint density at radius 1 is 1.13 bits per heavy atom. The number of rotatable bonds is 8. The first-order valence-electron chi connectivity index (χ1n) is 8.66. The summed E-state index contributed by atoms with van der Waals surface area (Å²) in [5.74, 6) is 0. The summed E-state index contributed by atoms with van der Waals surface area (Å²) in [6, 6.07) is 10.4. The summed E-state index contributed by atoms with van der Waals surface area (Å²) in [5, 5.41) is 2.98. The van der Waals surface area contributed by atoms with Gasteiger partial charge in [0.25, 0.3) is 0 Å². The van der Waals surface area contributed by atoms with Crippen LogP contribution in [-0.4, -0.2) is 68.3 Å². The third-order valence-corrected chi connectivity index (χ3v) is 4.23. The maximum absolute atomic E-state index is 12.0. The fourth-order valence-corrected chi connectivity index (χ4v) is 2.69. The Morgan fingerprint density at radius 3 is 2.57 bits per heavy atom. The molecule has 0 spiro atoms. The lowest BCUT2D eigenvalue weighted by molar-refractivity contribution is 0.130. The fraction of sp³-hybridized carbons (Fsp3) is 0.611. The maximum atomic E-state index is 12.0. The molecular formula is C18H29N3O2. The number of nitrogens with one attached hydrogen (secondary N) is 1. The molecule has 2 amide bonds. The maximum Gasteiger partial charge on any atom is 0.317 e. The second-order valence-electron chi connectivity index (χ2n) is 5.85. The Kier molecular flexibility index (Phi) is 7.90. The lowest BCUT2D eigenvalue weighted by Crippen LogP contribution is -2.51. The minimum atomic E-state index is 0.0602. The van der Waals surface area contributed by atoms with Crippen molar-refractivity contribution in [3.05, 3.63) is 35.9 Å². The van der Waals surface area contributed by atoms with Gasteiger partial charge in [0.1, 0.15) is 0 Å². The summed E-state index contributed by atoms with van der Waals surface area (Å²) >= 11 is 0. The third-order valence-electron chi connectivity index (χ3n) is 4.23. The van der Waals surface area contributed by atoms with Gasteiger partial charge in [0.05, 0.1) is 6.61 Å². The van der Waals surface area contributed by atoms with Gasteiger partial charge >= 0.3 is 6.03 Å². The number of carbonyl (C=O) groups excluding carboxylic acids is 1. The molecule has 128 valence electrons. The number of carbonyl (C=O) groups is 1. The standard InChI is InChI=1S/C18H29N3O2/c1-2-20-11-13-21(14-12-20)18(22)19-10-6-15-23-16-9-17-7-4-3-5-8-17/h3-5,7-8H,2,6,9-16H2,1H3,(H,19,22). The predicted octanol–water partition coefficient (Wildman–Crippen LogP) is 1.98. The van der Waals surface area contributed by atoms with Crippen LogP contribution in [0.2, 0.25) is 0 Å². The molecule has 1 aromatic rings. The van der Waals surface area contributed by atoms with Crippen LogP contribution < -0.4 is 5.32 Å². The zero-order valence-corrected chi connectivity index (χ0v) is 14.2. The molecule has 23 heavy (non-hydrogen) atoms. The number of piperazine rings is 1. The number of hydrogen-bond acceptors (Lipinski definition) is 3. The van der Waals surface area contributed by atoms with Gasteiger partial charge in [0.15, 0.2) is 0 Å². The van der Waals surface area contributed by atoms with Crippen molar-refractivity contribution in [2.45, 2.75) is 19.8 Å². The molecule has 5 heteroatoms. The smallest absolute Gasteiger partial charge is 0.317 e. The highest BCUT2D eigenvalue weighted by Crippen LogP contribution is 2.02. The Bertz CT molecular complexity index is 445. The van der Waals surface area contributed by atoms with E-state index in [-0.39, 0.29) is 6.03 Å². The normalized spacial score (nSPS) is 15.6. The highest BCUT2D eigenvalue weighted by atomic mass is 16.5. The van der Waals surface area contributed by atoms with E-state index in [0.717, 1.165) is 52.2 Å². The molecule has 1 N–H and O–H groups in total. The second-order valence-corrected chi connectivity index (χ2v) is 5.85. The minimum absolute atomic E-state index is 0.0602. The van der Waals surface area contributed by atoms with Gasteiger partial charge < -0.3 is 19.9 Å². The van der Waals surface area contributed by atoms with E-state index in [4.69, 9.17) is 4.74 Å². The van der Waals surface area contributed by atoms with Crippen molar-refractivity contribution in [1.29, 1.82) is 0 Å². The lowest BCUT2D eigenvalue weighted by atomic mass is 10.2. The van der Waals surface area contributed by atoms with Crippen molar-refractivity contribution in [3.8, 4) is 0 Å². The van der Waals surface area contributed by atoms with Crippen LogP contribution in [0.4, 0.5) is 4.79 Å². The third kappa shape index (κ3) is 6.59. The number of nitrogens with zero attached hydrogens (tertiary/aromatic N) is 2. The van der Waals surface area contributed by atoms with E-state index < -0.39 is 0 Å². The lowest BCUT2D eigenvalue weighted by Gasteiger charge is -2.34. The zero-order valence-electron chi connectivity index (χ0n) is 14.2. The van der Waals surface area contributed by atoms with Gasteiger partial charge in [-0.1, -0.05) is 37.3 Å². The van der Waals surface area contributed by atoms with Gasteiger partial charge in [-0.2, -0.15) is 0 Å². The van der Waals surface area contributed by atoms with Gasteiger partial charge in [-0.15, -0.1) is 0 Å². The SMILES string of the molecule is CCN1CCN(C(=O)NCCCOCCc2ccccc2)CC1. The largest absolute Gasteiger partial charge is 0.381 e. The molecule has 5 nitrogen and oxygen atoms in total. The molecule has 0 radical (unpaired) electrons. The molecule has 0 saturated carbocycles. The highest BCUT2D eigenvalue weighted by Gasteiger charge is 2.19. The molecule has 0 aromatic heterocycles. The Morgan fingerprint density at radius 2 is 1.87 bits per heavy atom. The molecular weight excluding hydrogens is 290 g/mol. The molecule has 2 rings (SSSR count). The Hall–Kier alpha value is -1.59. The van der Waals surface area contributed by atoms with Crippen LogP contribution >= 0.6 is 0 Å². The van der Waals surface area contributed by atoms with Crippen molar-refractivity contribution in [1.82, 2.24) is 15.1 Å². The van der Waals surface area contributed by atoms with Crippen LogP contribution in [0.3, 0.4) is 0 Å². The van der Waals surface area contributed by atoms with Crippen LogP contribution in [0.1, 0.15) is 18.9 Å². The second kappa shape index (κ2) is 10.2. The zero-order chi connectivity index (χ0) is 16.3. The molecule has 0 unspecified atom stereocenters. The quantitative estimate of drug-likeness (QED) is 0.745. The number of benzene rings is 1. The van der Waals surface area contributed by atoms with Crippen LogP contribution in [0.5, 0.6) is 0 Å². The first kappa shape index (κ1) is 17.8. The van der Waals surface area contributed by atoms with E-state index in [1.54, 1.807) is 0 Å². The molecule has 1 aliphatic heterocycles. The van der Waals surface area contributed by atoms with Crippen LogP contribution in [0.25, 0.3) is 0 Å². The Labute approximate surface area is 139 Å². The van der Waals surface area contributed by atoms with Crippen LogP contribution in [0.15, 0.2) is 30.3 Å². The van der Waals surface area contributed by atoms with Crippen molar-refractivity contribution >= 4 is 6.03 Å². The molecule has 0 bridgehead atoms. The van der Waals surface area contributed by atoms with Gasteiger partial charge in [-0.05, 0) is 24.9 Å². The van der Waals surface area contributed by atoms with Gasteiger partial charge in [0, 0.05) is 39.3 Å². The van der Waals surface area contributed by atoms with E-state index in [1.165, 1.54) is 5.56 Å². The summed E-state index contributed by atoms with van der Waals surface area (Å²) in [6.07, 6.45) is 1.80. The number of urea groups is 1. The minimum Gasteiger partial charge on any atom is -0.381 e. The van der Waals surface area contributed by atoms with Crippen molar-refractivity contribution < 1.29 is 9.53 Å². The van der Waals surface area contributed by atoms with Crippen molar-refractivity contribution in [2.24, 2.45) is 0 Å². The van der Waals surface area contributed by atoms with Crippen molar-refractivity contribution in [3.63, 3.8) is 0 Å². The Balaban J connectivity index is 1.46. The molecule has 0 atom stereocenters. The summed E-state index contributed by atoms with van der Waals surface area (Å²) in [5.41, 5.74) is 1.30. The number of ether oxygens (including phenoxy) is 1. The van der Waals surface area contributed by atoms with E-state index in [0.29, 0.717) is 13.2 Å². The summed E-state index contributed by atoms with van der Waals surface area (Å²) in [4.78, 5) is 16.3. The first-order chi connectivity index (χ1) is 11.3. The fourth-order valence-electron chi connectivity index (χ4n) is 2.69. The summed E-state index contributed by atoms with van der Waals surface area (Å²) in [7, 11) is 0. The average Bonchev–Trinajstić information content (AvgIpc) is 2.61. The predicted molar refractivity (Wildman–Crippen MR) is 92.7 cm³/mol. The number of hydrogen-bond donors (Lipinski definition) is 1. The van der Waals surface area contributed by atoms with E-state index in [2.05, 4.69) is 29.3 Å². The molecule has 1 aliphatic rings. The van der Waals surface area contributed by atoms with Crippen molar-refractivity contribution in [2.75, 3.05) is 52.5 Å². The van der Waals surface area contributed by atoms with Gasteiger partial charge in [-0.3, -0.25) is 0 Å². The molecule has 0 aliphatic carbocycles. The van der Waals surface area contributed by atoms with E-state index in [9.17, 15) is 4.79 Å². The monoisotopic (exact) mass is 319 g/mol. The average molecular weight is 319 g/mol. The van der Waals surface area contributed by atoms with Gasteiger partial charge in [0.2, 0.25) is 0 Å². The molecule has 1 saturated heterocycles. The summed E-state index contributed by atoms with van der Waals surface area (Å²) in [6.45, 7) is 8.94. The van der Waals surface area contributed by atoms with Crippen LogP contribution in [-0.2, 0) is 11.2 Å². The first-order valence-corrected chi connectivity index (χ1v) is 8.66. The topological polar surface area (TPSA) is 44.8 Å². The van der Waals surface area contributed by atoms with E-state index in [1.807, 2.05) is 23.1 Å². The highest BCUT2D eigenvalue weighted by molar-refractivity contribution is 5.74. The molecule has 1 fully saturated rings. The van der Waals surface area contributed by atoms with Crippen LogP contribution in [0, 0.1) is 0 Å². The summed E-state index contributed by atoms with van der Waals surface area (Å²) < 4.78 is 5.62. The molecule has 1 aromatic carbocycles. The number of likely N-dealkylation sites (N-methyl/N-ethyl adjacent to an activating group) is 1. The van der Waals surface area contributed by atoms with E-state index >= 15 is 0 Å².